The molecule has 0 N–H and O–H groups in total. The molecule has 1 saturated heterocycles. The molecule has 6 nitrogen and oxygen atoms in total. The molecule has 0 amide bonds. The molecule has 1 aliphatic rings. The fourth-order valence-corrected chi connectivity index (χ4v) is 3.51. The third kappa shape index (κ3) is 3.09. The molecular formula is C16H16BrClN4O2. The van der Waals surface area contributed by atoms with Crippen LogP contribution in [0.3, 0.4) is 0 Å². The van der Waals surface area contributed by atoms with E-state index in [-0.39, 0.29) is 0 Å². The second-order valence-electron chi connectivity index (χ2n) is 5.63. The lowest BCUT2D eigenvalue weighted by Crippen LogP contribution is -2.38. The number of rotatable bonds is 4. The summed E-state index contributed by atoms with van der Waals surface area (Å²) in [6.45, 7) is 5.00. The third-order valence-electron chi connectivity index (χ3n) is 4.13. The summed E-state index contributed by atoms with van der Waals surface area (Å²) >= 11 is 9.82. The first-order chi connectivity index (χ1) is 11.7. The topological polar surface area (TPSA) is 51.9 Å². The van der Waals surface area contributed by atoms with E-state index in [0.29, 0.717) is 11.8 Å². The first kappa shape index (κ1) is 16.1. The molecule has 24 heavy (non-hydrogen) atoms. The van der Waals surface area contributed by atoms with Crippen LogP contribution in [-0.4, -0.2) is 58.7 Å². The minimum atomic E-state index is 0.432. The van der Waals surface area contributed by atoms with Crippen molar-refractivity contribution in [2.75, 3.05) is 39.5 Å². The van der Waals surface area contributed by atoms with Gasteiger partial charge >= 0.3 is 0 Å². The van der Waals surface area contributed by atoms with Crippen LogP contribution in [0.1, 0.15) is 0 Å². The molecule has 0 radical (unpaired) electrons. The number of hydrogen-bond acceptors (Lipinski definition) is 5. The van der Waals surface area contributed by atoms with Gasteiger partial charge in [-0.15, -0.1) is 0 Å². The van der Waals surface area contributed by atoms with Crippen LogP contribution in [0.25, 0.3) is 16.6 Å². The van der Waals surface area contributed by atoms with Gasteiger partial charge in [-0.25, -0.2) is 9.97 Å². The minimum absolute atomic E-state index is 0.432. The van der Waals surface area contributed by atoms with Crippen molar-refractivity contribution in [3.63, 3.8) is 0 Å². The molecular weight excluding hydrogens is 396 g/mol. The predicted octanol–water partition coefficient (Wildman–Crippen LogP) is 3.01. The third-order valence-corrected chi connectivity index (χ3v) is 5.02. The molecule has 0 bridgehead atoms. The summed E-state index contributed by atoms with van der Waals surface area (Å²) in [5.74, 6) is 0.763. The van der Waals surface area contributed by atoms with E-state index in [9.17, 15) is 0 Å². The van der Waals surface area contributed by atoms with Crippen molar-refractivity contribution in [1.82, 2.24) is 19.3 Å². The number of nitrogens with zero attached hydrogens (tertiary/aromatic N) is 4. The highest BCUT2D eigenvalue weighted by Gasteiger charge is 2.13. The number of hydrogen-bond donors (Lipinski definition) is 0. The maximum Gasteiger partial charge on any atom is 0.155 e. The Morgan fingerprint density at radius 1 is 1.25 bits per heavy atom. The number of halogens is 2. The van der Waals surface area contributed by atoms with Crippen molar-refractivity contribution < 1.29 is 9.47 Å². The van der Waals surface area contributed by atoms with Gasteiger partial charge in [0.15, 0.2) is 5.15 Å². The monoisotopic (exact) mass is 410 g/mol. The van der Waals surface area contributed by atoms with E-state index in [1.165, 1.54) is 0 Å². The molecule has 0 aliphatic carbocycles. The molecule has 0 atom stereocenters. The molecule has 1 aromatic carbocycles. The highest BCUT2D eigenvalue weighted by Crippen LogP contribution is 2.31. The molecule has 126 valence electrons. The van der Waals surface area contributed by atoms with Gasteiger partial charge in [0.2, 0.25) is 0 Å². The summed E-state index contributed by atoms with van der Waals surface area (Å²) in [5.41, 5.74) is 2.49. The van der Waals surface area contributed by atoms with Crippen LogP contribution in [0.15, 0.2) is 29.1 Å². The summed E-state index contributed by atoms with van der Waals surface area (Å²) in [6, 6.07) is 3.89. The SMILES string of the molecule is Clc1nc2cc(OCCN3CCOCC3)c(Br)cc2n2cncc12. The minimum Gasteiger partial charge on any atom is -0.491 e. The van der Waals surface area contributed by atoms with Gasteiger partial charge in [-0.05, 0) is 22.0 Å². The molecule has 1 aliphatic heterocycles. The highest BCUT2D eigenvalue weighted by atomic mass is 79.9. The van der Waals surface area contributed by atoms with Crippen molar-refractivity contribution >= 4 is 44.1 Å². The van der Waals surface area contributed by atoms with Crippen LogP contribution >= 0.6 is 27.5 Å². The quantitative estimate of drug-likeness (QED) is 0.660. The second-order valence-corrected chi connectivity index (χ2v) is 6.84. The highest BCUT2D eigenvalue weighted by molar-refractivity contribution is 9.10. The number of aromatic nitrogens is 3. The Bertz CT molecular complexity index is 879. The van der Waals surface area contributed by atoms with E-state index in [1.54, 1.807) is 12.5 Å². The van der Waals surface area contributed by atoms with Crippen molar-refractivity contribution in [2.45, 2.75) is 0 Å². The zero-order chi connectivity index (χ0) is 16.5. The van der Waals surface area contributed by atoms with Crippen LogP contribution in [-0.2, 0) is 4.74 Å². The number of morpholine rings is 1. The molecule has 4 rings (SSSR count). The Morgan fingerprint density at radius 3 is 2.92 bits per heavy atom. The molecule has 0 spiro atoms. The smallest absolute Gasteiger partial charge is 0.155 e. The predicted molar refractivity (Wildman–Crippen MR) is 96.0 cm³/mol. The maximum atomic E-state index is 6.23. The van der Waals surface area contributed by atoms with E-state index >= 15 is 0 Å². The average Bonchev–Trinajstić information content (AvgIpc) is 3.08. The van der Waals surface area contributed by atoms with Gasteiger partial charge in [-0.1, -0.05) is 11.6 Å². The van der Waals surface area contributed by atoms with Crippen molar-refractivity contribution in [3.05, 3.63) is 34.3 Å². The van der Waals surface area contributed by atoms with E-state index in [1.807, 2.05) is 16.5 Å². The van der Waals surface area contributed by atoms with Gasteiger partial charge < -0.3 is 9.47 Å². The standard InChI is InChI=1S/C16H16BrClN4O2/c17-11-7-13-12(20-16(18)14-9-19-10-22(13)14)8-15(11)24-6-3-21-1-4-23-5-2-21/h7-10H,1-6H2. The normalized spacial score (nSPS) is 16.1. The van der Waals surface area contributed by atoms with E-state index in [4.69, 9.17) is 21.1 Å². The van der Waals surface area contributed by atoms with Gasteiger partial charge in [0.1, 0.15) is 17.9 Å². The molecule has 1 fully saturated rings. The lowest BCUT2D eigenvalue weighted by molar-refractivity contribution is 0.0322. The molecule has 0 saturated carbocycles. The number of benzene rings is 1. The van der Waals surface area contributed by atoms with Crippen LogP contribution in [0.4, 0.5) is 0 Å². The summed E-state index contributed by atoms with van der Waals surface area (Å²) in [6.07, 6.45) is 3.44. The fraction of sp³-hybridized carbons (Fsp3) is 0.375. The lowest BCUT2D eigenvalue weighted by atomic mass is 10.2. The van der Waals surface area contributed by atoms with Crippen molar-refractivity contribution in [1.29, 1.82) is 0 Å². The van der Waals surface area contributed by atoms with Crippen molar-refractivity contribution in [3.8, 4) is 5.75 Å². The van der Waals surface area contributed by atoms with Crippen LogP contribution in [0, 0.1) is 0 Å². The number of fused-ring (bicyclic) bond motifs is 3. The van der Waals surface area contributed by atoms with E-state index < -0.39 is 0 Å². The largest absolute Gasteiger partial charge is 0.491 e. The molecule has 8 heteroatoms. The van der Waals surface area contributed by atoms with Gasteiger partial charge in [0.05, 0.1) is 41.2 Å². The number of ether oxygens (including phenoxy) is 2. The Hall–Kier alpha value is -1.41. The van der Waals surface area contributed by atoms with Crippen LogP contribution in [0.5, 0.6) is 5.75 Å². The fourth-order valence-electron chi connectivity index (χ4n) is 2.84. The summed E-state index contributed by atoms with van der Waals surface area (Å²) in [5, 5.41) is 0.432. The Kier molecular flexibility index (Phi) is 4.58. The molecule has 3 heterocycles. The zero-order valence-electron chi connectivity index (χ0n) is 12.9. The molecule has 0 unspecified atom stereocenters. The van der Waals surface area contributed by atoms with Gasteiger partial charge in [0.25, 0.3) is 0 Å². The summed E-state index contributed by atoms with van der Waals surface area (Å²) in [7, 11) is 0. The molecule has 2 aromatic heterocycles. The zero-order valence-corrected chi connectivity index (χ0v) is 15.3. The average molecular weight is 412 g/mol. The van der Waals surface area contributed by atoms with Crippen LogP contribution in [0.2, 0.25) is 5.15 Å². The van der Waals surface area contributed by atoms with Gasteiger partial charge in [-0.2, -0.15) is 0 Å². The molecule has 3 aromatic rings. The van der Waals surface area contributed by atoms with Crippen molar-refractivity contribution in [2.24, 2.45) is 0 Å². The Labute approximate surface area is 152 Å². The number of imidazole rings is 1. The maximum absolute atomic E-state index is 6.23. The summed E-state index contributed by atoms with van der Waals surface area (Å²) in [4.78, 5) is 10.9. The van der Waals surface area contributed by atoms with Gasteiger partial charge in [0, 0.05) is 25.7 Å². The second kappa shape index (κ2) is 6.84. The summed E-state index contributed by atoms with van der Waals surface area (Å²) < 4.78 is 14.1. The Morgan fingerprint density at radius 2 is 2.08 bits per heavy atom. The van der Waals surface area contributed by atoms with Gasteiger partial charge in [-0.3, -0.25) is 9.30 Å². The lowest BCUT2D eigenvalue weighted by Gasteiger charge is -2.26. The first-order valence-electron chi connectivity index (χ1n) is 7.76. The first-order valence-corrected chi connectivity index (χ1v) is 8.93. The Balaban J connectivity index is 1.57. The van der Waals surface area contributed by atoms with E-state index in [0.717, 1.165) is 59.6 Å². The van der Waals surface area contributed by atoms with E-state index in [2.05, 4.69) is 30.8 Å². The van der Waals surface area contributed by atoms with Crippen LogP contribution < -0.4 is 4.74 Å².